The highest BCUT2D eigenvalue weighted by molar-refractivity contribution is 8.26. The molecule has 2 aliphatic rings. The summed E-state index contributed by atoms with van der Waals surface area (Å²) in [4.78, 5) is 17.2. The van der Waals surface area contributed by atoms with Crippen LogP contribution in [0.2, 0.25) is 0 Å². The maximum absolute atomic E-state index is 12.3. The average molecular weight is 332 g/mol. The van der Waals surface area contributed by atoms with Crippen LogP contribution in [0.4, 0.5) is 5.69 Å². The van der Waals surface area contributed by atoms with E-state index in [2.05, 4.69) is 36.1 Å². The third-order valence-corrected chi connectivity index (χ3v) is 5.36. The summed E-state index contributed by atoms with van der Waals surface area (Å²) < 4.78 is 0.673. The first kappa shape index (κ1) is 15.6. The van der Waals surface area contributed by atoms with Crippen LogP contribution < -0.4 is 4.90 Å². The van der Waals surface area contributed by atoms with Gasteiger partial charge < -0.3 is 4.90 Å². The van der Waals surface area contributed by atoms with Crippen LogP contribution in [0.1, 0.15) is 31.7 Å². The van der Waals surface area contributed by atoms with Crippen LogP contribution >= 0.6 is 24.0 Å². The lowest BCUT2D eigenvalue weighted by Gasteiger charge is -2.17. The zero-order chi connectivity index (χ0) is 15.5. The van der Waals surface area contributed by atoms with Crippen molar-refractivity contribution in [2.24, 2.45) is 0 Å². The van der Waals surface area contributed by atoms with Crippen molar-refractivity contribution in [1.82, 2.24) is 4.90 Å². The summed E-state index contributed by atoms with van der Waals surface area (Å²) in [6.45, 7) is 5.05. The fourth-order valence-corrected chi connectivity index (χ4v) is 4.13. The first-order chi connectivity index (χ1) is 10.7. The molecule has 1 aromatic rings. The Morgan fingerprint density at radius 1 is 1.23 bits per heavy atom. The first-order valence-corrected chi connectivity index (χ1v) is 9.02. The fraction of sp³-hybridized carbons (Fsp3) is 0.412. The molecule has 2 heterocycles. The zero-order valence-electron chi connectivity index (χ0n) is 12.7. The molecule has 3 rings (SSSR count). The zero-order valence-corrected chi connectivity index (χ0v) is 14.4. The lowest BCUT2D eigenvalue weighted by Crippen LogP contribution is -2.28. The fourth-order valence-electron chi connectivity index (χ4n) is 2.82. The van der Waals surface area contributed by atoms with Crippen LogP contribution in [0.3, 0.4) is 0 Å². The molecule has 2 aliphatic heterocycles. The van der Waals surface area contributed by atoms with Gasteiger partial charge in [-0.25, -0.2) is 0 Å². The van der Waals surface area contributed by atoms with Gasteiger partial charge >= 0.3 is 0 Å². The summed E-state index contributed by atoms with van der Waals surface area (Å²) in [5.74, 6) is 0.0421. The summed E-state index contributed by atoms with van der Waals surface area (Å²) >= 11 is 6.69. The van der Waals surface area contributed by atoms with Gasteiger partial charge in [-0.1, -0.05) is 43.0 Å². The summed E-state index contributed by atoms with van der Waals surface area (Å²) in [5.41, 5.74) is 2.33. The van der Waals surface area contributed by atoms with E-state index >= 15 is 0 Å². The number of hydrogen-bond acceptors (Lipinski definition) is 4. The van der Waals surface area contributed by atoms with Gasteiger partial charge in [-0.2, -0.15) is 0 Å². The Balaban J connectivity index is 1.74. The second kappa shape index (κ2) is 6.84. The number of nitrogens with zero attached hydrogens (tertiary/aromatic N) is 2. The van der Waals surface area contributed by atoms with Crippen molar-refractivity contribution in [3.05, 3.63) is 34.7 Å². The SMILES string of the molecule is CCCN1C(=O)/C(=C/c2ccc(N3CCCC3)cc2)SC1=S. The number of carbonyl (C=O) groups is 1. The number of rotatable bonds is 4. The maximum Gasteiger partial charge on any atom is 0.266 e. The van der Waals surface area contributed by atoms with Crippen LogP contribution in [0.15, 0.2) is 29.2 Å². The average Bonchev–Trinajstić information content (AvgIpc) is 3.13. The van der Waals surface area contributed by atoms with Crippen molar-refractivity contribution >= 4 is 46.0 Å². The Kier molecular flexibility index (Phi) is 4.84. The summed E-state index contributed by atoms with van der Waals surface area (Å²) in [7, 11) is 0. The van der Waals surface area contributed by atoms with E-state index in [1.807, 2.05) is 6.08 Å². The second-order valence-corrected chi connectivity index (χ2v) is 7.29. The van der Waals surface area contributed by atoms with Gasteiger partial charge in [-0.05, 0) is 43.0 Å². The minimum absolute atomic E-state index is 0.0421. The van der Waals surface area contributed by atoms with E-state index in [1.165, 1.54) is 30.3 Å². The van der Waals surface area contributed by atoms with Crippen LogP contribution in [0.5, 0.6) is 0 Å². The molecule has 0 aromatic heterocycles. The van der Waals surface area contributed by atoms with Crippen LogP contribution in [-0.2, 0) is 4.79 Å². The van der Waals surface area contributed by atoms with E-state index in [4.69, 9.17) is 12.2 Å². The molecule has 0 unspecified atom stereocenters. The monoisotopic (exact) mass is 332 g/mol. The predicted octanol–water partition coefficient (Wildman–Crippen LogP) is 3.90. The molecule has 2 saturated heterocycles. The molecule has 1 aromatic carbocycles. The Morgan fingerprint density at radius 2 is 1.91 bits per heavy atom. The van der Waals surface area contributed by atoms with Crippen molar-refractivity contribution in [2.75, 3.05) is 24.5 Å². The number of anilines is 1. The smallest absolute Gasteiger partial charge is 0.266 e. The quantitative estimate of drug-likeness (QED) is 0.616. The van der Waals surface area contributed by atoms with Crippen molar-refractivity contribution in [3.8, 4) is 0 Å². The van der Waals surface area contributed by atoms with Crippen LogP contribution in [0.25, 0.3) is 6.08 Å². The van der Waals surface area contributed by atoms with Gasteiger partial charge in [0.05, 0.1) is 4.91 Å². The molecular weight excluding hydrogens is 312 g/mol. The molecule has 1 amide bonds. The van der Waals surface area contributed by atoms with E-state index in [9.17, 15) is 4.79 Å². The molecule has 0 aliphatic carbocycles. The molecule has 0 bridgehead atoms. The predicted molar refractivity (Wildman–Crippen MR) is 98.1 cm³/mol. The molecule has 0 spiro atoms. The molecule has 2 fully saturated rings. The first-order valence-electron chi connectivity index (χ1n) is 7.79. The van der Waals surface area contributed by atoms with Gasteiger partial charge in [0.2, 0.25) is 0 Å². The Bertz CT molecular complexity index is 604. The highest BCUT2D eigenvalue weighted by Crippen LogP contribution is 2.33. The normalized spacial score (nSPS) is 20.5. The molecule has 3 nitrogen and oxygen atoms in total. The van der Waals surface area contributed by atoms with Gasteiger partial charge in [-0.15, -0.1) is 0 Å². The number of carbonyl (C=O) groups excluding carboxylic acids is 1. The Labute approximate surface area is 141 Å². The maximum atomic E-state index is 12.3. The van der Waals surface area contributed by atoms with Crippen LogP contribution in [0, 0.1) is 0 Å². The minimum Gasteiger partial charge on any atom is -0.372 e. The Hall–Kier alpha value is -1.33. The lowest BCUT2D eigenvalue weighted by molar-refractivity contribution is -0.122. The van der Waals surface area contributed by atoms with Crippen molar-refractivity contribution in [2.45, 2.75) is 26.2 Å². The minimum atomic E-state index is 0.0421. The second-order valence-electron chi connectivity index (χ2n) is 5.62. The summed E-state index contributed by atoms with van der Waals surface area (Å²) in [6.07, 6.45) is 5.43. The van der Waals surface area contributed by atoms with Crippen LogP contribution in [-0.4, -0.2) is 34.8 Å². The van der Waals surface area contributed by atoms with Gasteiger partial charge in [0, 0.05) is 25.3 Å². The molecule has 0 saturated carbocycles. The molecule has 116 valence electrons. The largest absolute Gasteiger partial charge is 0.372 e. The van der Waals surface area contributed by atoms with E-state index in [0.29, 0.717) is 10.9 Å². The number of thioether (sulfide) groups is 1. The van der Waals surface area contributed by atoms with Gasteiger partial charge in [0.1, 0.15) is 4.32 Å². The molecule has 0 N–H and O–H groups in total. The highest BCUT2D eigenvalue weighted by atomic mass is 32.2. The van der Waals surface area contributed by atoms with Gasteiger partial charge in [0.25, 0.3) is 5.91 Å². The molecular formula is C17H20N2OS2. The molecule has 22 heavy (non-hydrogen) atoms. The standard InChI is InChI=1S/C17H20N2OS2/c1-2-9-19-16(20)15(22-17(19)21)12-13-5-7-14(8-6-13)18-10-3-4-11-18/h5-8,12H,2-4,9-11H2,1H3/b15-12-. The third-order valence-electron chi connectivity index (χ3n) is 3.98. The van der Waals surface area contributed by atoms with Gasteiger partial charge in [-0.3, -0.25) is 9.69 Å². The number of benzene rings is 1. The molecule has 0 radical (unpaired) electrons. The van der Waals surface area contributed by atoms with E-state index in [-0.39, 0.29) is 5.91 Å². The highest BCUT2D eigenvalue weighted by Gasteiger charge is 2.31. The lowest BCUT2D eigenvalue weighted by atomic mass is 10.2. The Morgan fingerprint density at radius 3 is 2.55 bits per heavy atom. The van der Waals surface area contributed by atoms with E-state index in [1.54, 1.807) is 4.90 Å². The summed E-state index contributed by atoms with van der Waals surface area (Å²) in [6, 6.07) is 8.45. The van der Waals surface area contributed by atoms with Crippen molar-refractivity contribution in [1.29, 1.82) is 0 Å². The van der Waals surface area contributed by atoms with Gasteiger partial charge in [0.15, 0.2) is 0 Å². The van der Waals surface area contributed by atoms with Crippen molar-refractivity contribution in [3.63, 3.8) is 0 Å². The van der Waals surface area contributed by atoms with E-state index in [0.717, 1.165) is 30.0 Å². The third kappa shape index (κ3) is 3.20. The van der Waals surface area contributed by atoms with E-state index < -0.39 is 0 Å². The van der Waals surface area contributed by atoms with Crippen molar-refractivity contribution < 1.29 is 4.79 Å². The molecule has 5 heteroatoms. The number of thiocarbonyl (C=S) groups is 1. The summed E-state index contributed by atoms with van der Waals surface area (Å²) in [5, 5.41) is 0. The molecule has 0 atom stereocenters. The number of amides is 1. The topological polar surface area (TPSA) is 23.6 Å². The number of hydrogen-bond donors (Lipinski definition) is 0.